The third kappa shape index (κ3) is 3.57. The van der Waals surface area contributed by atoms with Crippen molar-refractivity contribution in [1.82, 2.24) is 0 Å². The van der Waals surface area contributed by atoms with Crippen molar-refractivity contribution >= 4 is 37.8 Å². The third-order valence-corrected chi connectivity index (χ3v) is 4.92. The lowest BCUT2D eigenvalue weighted by Gasteiger charge is -2.15. The van der Waals surface area contributed by atoms with Gasteiger partial charge in [0.1, 0.15) is 6.61 Å². The zero-order chi connectivity index (χ0) is 15.4. The third-order valence-electron chi connectivity index (χ3n) is 2.80. The van der Waals surface area contributed by atoms with Gasteiger partial charge < -0.3 is 14.6 Å². The predicted molar refractivity (Wildman–Crippen MR) is 86.1 cm³/mol. The Kier molecular flexibility index (Phi) is 5.25. The van der Waals surface area contributed by atoms with E-state index in [1.54, 1.807) is 0 Å². The number of carboxylic acid groups (broad SMARTS) is 1. The standard InChI is InChI=1S/C15H12Br2O4/c1-20-11-7-10(15(18)19)12(16)13(17)14(11)21-8-9-5-3-2-4-6-9/h2-7H,8H2,1H3,(H,18,19). The van der Waals surface area contributed by atoms with Crippen LogP contribution in [0.3, 0.4) is 0 Å². The predicted octanol–water partition coefficient (Wildman–Crippen LogP) is 4.50. The summed E-state index contributed by atoms with van der Waals surface area (Å²) in [7, 11) is 1.47. The quantitative estimate of drug-likeness (QED) is 0.781. The summed E-state index contributed by atoms with van der Waals surface area (Å²) in [6, 6.07) is 11.1. The van der Waals surface area contributed by atoms with Crippen LogP contribution in [0.15, 0.2) is 45.3 Å². The molecule has 4 nitrogen and oxygen atoms in total. The number of hydrogen-bond acceptors (Lipinski definition) is 3. The molecule has 0 aliphatic heterocycles. The molecule has 0 spiro atoms. The lowest BCUT2D eigenvalue weighted by Crippen LogP contribution is -2.03. The van der Waals surface area contributed by atoms with Gasteiger partial charge in [0.05, 0.1) is 21.6 Å². The Morgan fingerprint density at radius 3 is 2.43 bits per heavy atom. The summed E-state index contributed by atoms with van der Waals surface area (Å²) in [5.74, 6) is -0.230. The summed E-state index contributed by atoms with van der Waals surface area (Å²) in [6.07, 6.45) is 0. The number of carbonyl (C=O) groups is 1. The second-order valence-corrected chi connectivity index (χ2v) is 5.75. The lowest BCUT2D eigenvalue weighted by atomic mass is 10.2. The van der Waals surface area contributed by atoms with Crippen LogP contribution in [-0.2, 0) is 6.61 Å². The molecular weight excluding hydrogens is 404 g/mol. The molecule has 0 aliphatic carbocycles. The van der Waals surface area contributed by atoms with Crippen LogP contribution < -0.4 is 9.47 Å². The molecule has 0 heterocycles. The monoisotopic (exact) mass is 414 g/mol. The summed E-state index contributed by atoms with van der Waals surface area (Å²) in [6.45, 7) is 0.356. The molecule has 1 N–H and O–H groups in total. The van der Waals surface area contributed by atoms with Gasteiger partial charge in [-0.05, 0) is 43.5 Å². The van der Waals surface area contributed by atoms with Crippen molar-refractivity contribution in [2.45, 2.75) is 6.61 Å². The van der Waals surface area contributed by atoms with Crippen molar-refractivity contribution in [3.05, 3.63) is 56.5 Å². The smallest absolute Gasteiger partial charge is 0.337 e. The van der Waals surface area contributed by atoms with Crippen LogP contribution >= 0.6 is 31.9 Å². The van der Waals surface area contributed by atoms with Crippen molar-refractivity contribution in [2.75, 3.05) is 7.11 Å². The molecule has 110 valence electrons. The molecular formula is C15H12Br2O4. The highest BCUT2D eigenvalue weighted by molar-refractivity contribution is 9.13. The maximum absolute atomic E-state index is 11.2. The minimum absolute atomic E-state index is 0.103. The second-order valence-electron chi connectivity index (χ2n) is 4.16. The Bertz CT molecular complexity index is 656. The van der Waals surface area contributed by atoms with Crippen LogP contribution in [0, 0.1) is 0 Å². The van der Waals surface area contributed by atoms with Gasteiger partial charge in [0.2, 0.25) is 0 Å². The van der Waals surface area contributed by atoms with Crippen LogP contribution in [0.2, 0.25) is 0 Å². The average molecular weight is 416 g/mol. The molecule has 0 aliphatic rings. The molecule has 2 aromatic carbocycles. The zero-order valence-corrected chi connectivity index (χ0v) is 14.3. The fourth-order valence-corrected chi connectivity index (χ4v) is 2.75. The van der Waals surface area contributed by atoms with Gasteiger partial charge >= 0.3 is 5.97 Å². The minimum Gasteiger partial charge on any atom is -0.493 e. The highest BCUT2D eigenvalue weighted by atomic mass is 79.9. The Balaban J connectivity index is 2.34. The summed E-state index contributed by atoms with van der Waals surface area (Å²) in [4.78, 5) is 11.2. The Hall–Kier alpha value is -1.53. The molecule has 0 aromatic heterocycles. The van der Waals surface area contributed by atoms with E-state index < -0.39 is 5.97 Å². The fraction of sp³-hybridized carbons (Fsp3) is 0.133. The van der Waals surface area contributed by atoms with Gasteiger partial charge in [-0.2, -0.15) is 0 Å². The van der Waals surface area contributed by atoms with E-state index in [2.05, 4.69) is 31.9 Å². The topological polar surface area (TPSA) is 55.8 Å². The molecule has 21 heavy (non-hydrogen) atoms. The van der Waals surface area contributed by atoms with Crippen molar-refractivity contribution in [3.8, 4) is 11.5 Å². The molecule has 0 saturated heterocycles. The van der Waals surface area contributed by atoms with Crippen molar-refractivity contribution in [2.24, 2.45) is 0 Å². The largest absolute Gasteiger partial charge is 0.493 e. The van der Waals surface area contributed by atoms with E-state index in [1.807, 2.05) is 30.3 Å². The number of halogens is 2. The fourth-order valence-electron chi connectivity index (χ4n) is 1.76. The number of aromatic carboxylic acids is 1. The maximum Gasteiger partial charge on any atom is 0.337 e. The van der Waals surface area contributed by atoms with Crippen LogP contribution in [0.4, 0.5) is 0 Å². The molecule has 2 aromatic rings. The normalized spacial score (nSPS) is 10.2. The van der Waals surface area contributed by atoms with E-state index in [9.17, 15) is 4.79 Å². The van der Waals surface area contributed by atoms with E-state index in [-0.39, 0.29) is 5.56 Å². The molecule has 0 radical (unpaired) electrons. The minimum atomic E-state index is -1.05. The molecule has 0 fully saturated rings. The van der Waals surface area contributed by atoms with Crippen LogP contribution in [0.5, 0.6) is 11.5 Å². The van der Waals surface area contributed by atoms with E-state index in [4.69, 9.17) is 14.6 Å². The average Bonchev–Trinajstić information content (AvgIpc) is 2.49. The molecule has 0 saturated carbocycles. The maximum atomic E-state index is 11.2. The summed E-state index contributed by atoms with van der Waals surface area (Å²) in [5, 5.41) is 9.16. The van der Waals surface area contributed by atoms with Gasteiger partial charge in [0.15, 0.2) is 11.5 Å². The number of hydrogen-bond donors (Lipinski definition) is 1. The molecule has 0 atom stereocenters. The molecule has 6 heteroatoms. The van der Waals surface area contributed by atoms with Crippen LogP contribution in [-0.4, -0.2) is 18.2 Å². The summed E-state index contributed by atoms with van der Waals surface area (Å²) < 4.78 is 11.9. The number of carboxylic acids is 1. The van der Waals surface area contributed by atoms with Gasteiger partial charge in [-0.25, -0.2) is 4.79 Å². The lowest BCUT2D eigenvalue weighted by molar-refractivity contribution is 0.0695. The first kappa shape index (κ1) is 15.9. The Morgan fingerprint density at radius 1 is 1.19 bits per heavy atom. The molecule has 0 amide bonds. The highest BCUT2D eigenvalue weighted by Gasteiger charge is 2.20. The van der Waals surface area contributed by atoms with Gasteiger partial charge in [-0.1, -0.05) is 30.3 Å². The zero-order valence-electron chi connectivity index (χ0n) is 11.1. The number of benzene rings is 2. The number of rotatable bonds is 5. The Labute approximate surface area is 139 Å². The second kappa shape index (κ2) is 6.95. The van der Waals surface area contributed by atoms with Gasteiger partial charge in [-0.3, -0.25) is 0 Å². The molecule has 0 unspecified atom stereocenters. The summed E-state index contributed by atoms with van der Waals surface area (Å²) in [5.41, 5.74) is 1.11. The van der Waals surface area contributed by atoms with Crippen LogP contribution in [0.1, 0.15) is 15.9 Å². The summed E-state index contributed by atoms with van der Waals surface area (Å²) >= 11 is 6.61. The highest BCUT2D eigenvalue weighted by Crippen LogP contribution is 2.43. The first-order valence-electron chi connectivity index (χ1n) is 6.00. The SMILES string of the molecule is COc1cc(C(=O)O)c(Br)c(Br)c1OCc1ccccc1. The Morgan fingerprint density at radius 2 is 1.86 bits per heavy atom. The molecule has 2 rings (SSSR count). The van der Waals surface area contributed by atoms with E-state index in [0.717, 1.165) is 5.56 Å². The number of ether oxygens (including phenoxy) is 2. The van der Waals surface area contributed by atoms with Gasteiger partial charge in [0, 0.05) is 0 Å². The van der Waals surface area contributed by atoms with Crippen molar-refractivity contribution in [1.29, 1.82) is 0 Å². The molecule has 0 bridgehead atoms. The van der Waals surface area contributed by atoms with Crippen molar-refractivity contribution < 1.29 is 19.4 Å². The van der Waals surface area contributed by atoms with E-state index in [1.165, 1.54) is 13.2 Å². The van der Waals surface area contributed by atoms with Gasteiger partial charge in [-0.15, -0.1) is 0 Å². The first-order chi connectivity index (χ1) is 10.0. The van der Waals surface area contributed by atoms with E-state index in [0.29, 0.717) is 27.1 Å². The van der Waals surface area contributed by atoms with Crippen molar-refractivity contribution in [3.63, 3.8) is 0 Å². The number of methoxy groups -OCH3 is 1. The van der Waals surface area contributed by atoms with Crippen LogP contribution in [0.25, 0.3) is 0 Å². The first-order valence-corrected chi connectivity index (χ1v) is 7.59. The van der Waals surface area contributed by atoms with E-state index >= 15 is 0 Å². The van der Waals surface area contributed by atoms with Gasteiger partial charge in [0.25, 0.3) is 0 Å².